The number of carbonyl (C=O) groups excluding carboxylic acids is 1. The number of aryl methyl sites for hydroxylation is 1. The summed E-state index contributed by atoms with van der Waals surface area (Å²) in [6.07, 6.45) is 1.50. The van der Waals surface area contributed by atoms with Gasteiger partial charge in [-0.25, -0.2) is 14.3 Å². The number of benzene rings is 2. The van der Waals surface area contributed by atoms with E-state index in [4.69, 9.17) is 0 Å². The zero-order valence-electron chi connectivity index (χ0n) is 19.3. The number of nitrogens with one attached hydrogen (secondary N) is 1. The molecule has 0 fully saturated rings. The first-order valence-corrected chi connectivity index (χ1v) is 10.9. The first kappa shape index (κ1) is 24.7. The maximum Gasteiger partial charge on any atom is 0.326 e. The highest BCUT2D eigenvalue weighted by molar-refractivity contribution is 5.95. The van der Waals surface area contributed by atoms with Gasteiger partial charge in [0.2, 0.25) is 0 Å². The lowest BCUT2D eigenvalue weighted by Crippen LogP contribution is -2.51. The second-order valence-corrected chi connectivity index (χ2v) is 8.17. The Kier molecular flexibility index (Phi) is 7.80. The second kappa shape index (κ2) is 10.8. The molecule has 3 aromatic rings. The maximum atomic E-state index is 13.0. The summed E-state index contributed by atoms with van der Waals surface area (Å²) in [7, 11) is 1.53. The Morgan fingerprint density at radius 2 is 1.74 bits per heavy atom. The monoisotopic (exact) mass is 464 g/mol. The average molecular weight is 465 g/mol. The van der Waals surface area contributed by atoms with Gasteiger partial charge in [0.1, 0.15) is 6.04 Å². The zero-order valence-corrected chi connectivity index (χ0v) is 19.3. The van der Waals surface area contributed by atoms with Crippen LogP contribution in [-0.2, 0) is 24.9 Å². The highest BCUT2D eigenvalue weighted by Gasteiger charge is 2.26. The van der Waals surface area contributed by atoms with Crippen molar-refractivity contribution < 1.29 is 19.8 Å². The van der Waals surface area contributed by atoms with Gasteiger partial charge in [-0.3, -0.25) is 9.69 Å². The molecule has 2 aromatic carbocycles. The number of amides is 2. The number of aromatic nitrogens is 2. The summed E-state index contributed by atoms with van der Waals surface area (Å²) in [5.74, 6) is -1.15. The van der Waals surface area contributed by atoms with Crippen molar-refractivity contribution in [1.29, 1.82) is 0 Å². The van der Waals surface area contributed by atoms with E-state index in [-0.39, 0.29) is 24.6 Å². The molecule has 0 aliphatic carbocycles. The summed E-state index contributed by atoms with van der Waals surface area (Å²) in [5.41, 5.74) is 2.32. The molecule has 3 N–H and O–H groups in total. The van der Waals surface area contributed by atoms with E-state index >= 15 is 0 Å². The van der Waals surface area contributed by atoms with Gasteiger partial charge in [-0.2, -0.15) is 5.10 Å². The minimum atomic E-state index is -1.15. The molecule has 34 heavy (non-hydrogen) atoms. The van der Waals surface area contributed by atoms with Gasteiger partial charge in [0, 0.05) is 30.8 Å². The minimum Gasteiger partial charge on any atom is -0.480 e. The quantitative estimate of drug-likeness (QED) is 0.471. The van der Waals surface area contributed by atoms with E-state index in [0.29, 0.717) is 27.9 Å². The summed E-state index contributed by atoms with van der Waals surface area (Å²) >= 11 is 0. The number of aliphatic carboxylic acids is 1. The van der Waals surface area contributed by atoms with Crippen LogP contribution in [-0.4, -0.2) is 44.1 Å². The molecule has 0 aliphatic heterocycles. The molecular formula is C25H28N4O5. The average Bonchev–Trinajstić information content (AvgIpc) is 2.81. The number of urea groups is 1. The normalized spacial score (nSPS) is 11.8. The highest BCUT2D eigenvalue weighted by Crippen LogP contribution is 2.21. The van der Waals surface area contributed by atoms with Crippen LogP contribution < -0.4 is 15.8 Å². The fourth-order valence-electron chi connectivity index (χ4n) is 3.70. The number of carbonyl (C=O) groups is 2. The van der Waals surface area contributed by atoms with E-state index in [1.54, 1.807) is 36.4 Å². The Balaban J connectivity index is 1.81. The second-order valence-electron chi connectivity index (χ2n) is 8.17. The summed E-state index contributed by atoms with van der Waals surface area (Å²) in [4.78, 5) is 38.9. The Morgan fingerprint density at radius 3 is 2.29 bits per heavy atom. The lowest BCUT2D eigenvalue weighted by atomic mass is 9.99. The Labute approximate surface area is 197 Å². The summed E-state index contributed by atoms with van der Waals surface area (Å²) < 4.78 is 1.19. The topological polar surface area (TPSA) is 125 Å². The number of carboxylic acids is 1. The summed E-state index contributed by atoms with van der Waals surface area (Å²) in [6.45, 7) is 3.37. The molecule has 0 saturated heterocycles. The van der Waals surface area contributed by atoms with Gasteiger partial charge in [-0.1, -0.05) is 42.5 Å². The fourth-order valence-corrected chi connectivity index (χ4v) is 3.70. The standard InChI is InChI=1S/C25H28N4O5/c1-16(2)29(20-7-5-4-6-8-20)25(34)27-21(24(32)33)13-17-9-11-18(12-10-17)22-19(15-30)14-26-28(3)23(22)31/h4-12,14,16,21,30H,13,15H2,1-3H3,(H,27,34)(H,32,33)/t21-/m0/s1. The molecule has 1 heterocycles. The van der Waals surface area contributed by atoms with Crippen LogP contribution in [0.1, 0.15) is 25.0 Å². The number of aliphatic hydroxyl groups excluding tert-OH is 1. The minimum absolute atomic E-state index is 0.0588. The number of para-hydroxylation sites is 1. The molecule has 9 heteroatoms. The van der Waals surface area contributed by atoms with Crippen LogP contribution in [0.2, 0.25) is 0 Å². The number of hydrogen-bond acceptors (Lipinski definition) is 5. The molecule has 2 amide bonds. The molecule has 9 nitrogen and oxygen atoms in total. The lowest BCUT2D eigenvalue weighted by Gasteiger charge is -2.28. The Hall–Kier alpha value is -3.98. The van der Waals surface area contributed by atoms with Crippen LogP contribution >= 0.6 is 0 Å². The molecule has 0 unspecified atom stereocenters. The molecular weight excluding hydrogens is 436 g/mol. The van der Waals surface area contributed by atoms with E-state index in [9.17, 15) is 24.6 Å². The van der Waals surface area contributed by atoms with Crippen molar-refractivity contribution in [3.8, 4) is 11.1 Å². The van der Waals surface area contributed by atoms with Gasteiger partial charge >= 0.3 is 12.0 Å². The van der Waals surface area contributed by atoms with E-state index in [1.807, 2.05) is 32.0 Å². The molecule has 178 valence electrons. The van der Waals surface area contributed by atoms with Crippen LogP contribution in [0, 0.1) is 0 Å². The molecule has 0 bridgehead atoms. The third kappa shape index (κ3) is 5.49. The van der Waals surface area contributed by atoms with Crippen molar-refractivity contribution in [1.82, 2.24) is 15.1 Å². The van der Waals surface area contributed by atoms with Crippen molar-refractivity contribution in [2.24, 2.45) is 7.05 Å². The van der Waals surface area contributed by atoms with Gasteiger partial charge in [0.15, 0.2) is 0 Å². The highest BCUT2D eigenvalue weighted by atomic mass is 16.4. The largest absolute Gasteiger partial charge is 0.480 e. The third-order valence-corrected chi connectivity index (χ3v) is 5.43. The number of nitrogens with zero attached hydrogens (tertiary/aromatic N) is 3. The van der Waals surface area contributed by atoms with Crippen molar-refractivity contribution in [2.45, 2.75) is 39.0 Å². The first-order chi connectivity index (χ1) is 16.2. The van der Waals surface area contributed by atoms with E-state index < -0.39 is 18.0 Å². The van der Waals surface area contributed by atoms with Crippen LogP contribution in [0.5, 0.6) is 0 Å². The molecule has 0 spiro atoms. The fraction of sp³-hybridized carbons (Fsp3) is 0.280. The van der Waals surface area contributed by atoms with Crippen LogP contribution in [0.3, 0.4) is 0 Å². The molecule has 1 atom stereocenters. The van der Waals surface area contributed by atoms with Gasteiger partial charge in [0.05, 0.1) is 18.4 Å². The van der Waals surface area contributed by atoms with E-state index in [1.165, 1.54) is 22.8 Å². The SMILES string of the molecule is CC(C)N(C(=O)N[C@@H](Cc1ccc(-c2c(CO)cnn(C)c2=O)cc1)C(=O)O)c1ccccc1. The van der Waals surface area contributed by atoms with Gasteiger partial charge < -0.3 is 15.5 Å². The van der Waals surface area contributed by atoms with Crippen molar-refractivity contribution in [3.05, 3.63) is 82.3 Å². The number of hydrogen-bond donors (Lipinski definition) is 3. The lowest BCUT2D eigenvalue weighted by molar-refractivity contribution is -0.139. The van der Waals surface area contributed by atoms with E-state index in [2.05, 4.69) is 10.4 Å². The zero-order chi connectivity index (χ0) is 24.8. The van der Waals surface area contributed by atoms with Crippen LogP contribution in [0.15, 0.2) is 65.6 Å². The Morgan fingerprint density at radius 1 is 1.09 bits per heavy atom. The van der Waals surface area contributed by atoms with Crippen molar-refractivity contribution >= 4 is 17.7 Å². The van der Waals surface area contributed by atoms with Crippen LogP contribution in [0.25, 0.3) is 11.1 Å². The summed E-state index contributed by atoms with van der Waals surface area (Å²) in [6, 6.07) is 14.0. The molecule has 0 aliphatic rings. The van der Waals surface area contributed by atoms with Gasteiger partial charge in [-0.05, 0) is 37.1 Å². The number of rotatable bonds is 8. The number of anilines is 1. The van der Waals surface area contributed by atoms with Gasteiger partial charge in [0.25, 0.3) is 5.56 Å². The molecule has 3 rings (SSSR count). The molecule has 0 saturated carbocycles. The van der Waals surface area contributed by atoms with Crippen molar-refractivity contribution in [2.75, 3.05) is 4.90 Å². The Bertz CT molecular complexity index is 1210. The third-order valence-electron chi connectivity index (χ3n) is 5.43. The number of carboxylic acid groups (broad SMARTS) is 1. The summed E-state index contributed by atoms with van der Waals surface area (Å²) in [5, 5.41) is 25.9. The predicted molar refractivity (Wildman–Crippen MR) is 129 cm³/mol. The van der Waals surface area contributed by atoms with E-state index in [0.717, 1.165) is 0 Å². The predicted octanol–water partition coefficient (Wildman–Crippen LogP) is 2.56. The smallest absolute Gasteiger partial charge is 0.326 e. The molecule has 0 radical (unpaired) electrons. The van der Waals surface area contributed by atoms with Gasteiger partial charge in [-0.15, -0.1) is 0 Å². The maximum absolute atomic E-state index is 13.0. The van der Waals surface area contributed by atoms with Crippen molar-refractivity contribution in [3.63, 3.8) is 0 Å². The van der Waals surface area contributed by atoms with Crippen LogP contribution in [0.4, 0.5) is 10.5 Å². The molecule has 1 aromatic heterocycles. The first-order valence-electron chi connectivity index (χ1n) is 10.9. The number of aliphatic hydroxyl groups is 1.